The zero-order valence-electron chi connectivity index (χ0n) is 9.14. The molecule has 0 radical (unpaired) electrons. The van der Waals surface area contributed by atoms with Crippen molar-refractivity contribution in [3.63, 3.8) is 0 Å². The average Bonchev–Trinajstić information content (AvgIpc) is 2.74. The van der Waals surface area contributed by atoms with Gasteiger partial charge in [0.2, 0.25) is 0 Å². The van der Waals surface area contributed by atoms with Gasteiger partial charge in [0.05, 0.1) is 0 Å². The van der Waals surface area contributed by atoms with Crippen LogP contribution in [0.2, 0.25) is 0 Å². The Morgan fingerprint density at radius 3 is 2.69 bits per heavy atom. The van der Waals surface area contributed by atoms with Gasteiger partial charge in [-0.2, -0.15) is 0 Å². The van der Waals surface area contributed by atoms with Crippen LogP contribution >= 0.6 is 23.1 Å². The molecule has 2 aromatic rings. The summed E-state index contributed by atoms with van der Waals surface area (Å²) in [4.78, 5) is 3.95. The predicted molar refractivity (Wildman–Crippen MR) is 71.4 cm³/mol. The molecule has 0 atom stereocenters. The standard InChI is InChI=1S/C13H14OS2/c1-2-11-6-7-13(16-11)9-15-12-5-3-4-10(14)8-12/h3-8,14H,2,9H2,1H3. The molecule has 84 valence electrons. The summed E-state index contributed by atoms with van der Waals surface area (Å²) < 4.78 is 0. The molecule has 1 N–H and O–H groups in total. The van der Waals surface area contributed by atoms with E-state index in [9.17, 15) is 5.11 Å². The Bertz CT molecular complexity index is 462. The molecule has 0 amide bonds. The molecule has 1 nitrogen and oxygen atoms in total. The monoisotopic (exact) mass is 250 g/mol. The number of aryl methyl sites for hydroxylation is 1. The maximum Gasteiger partial charge on any atom is 0.116 e. The Labute approximate surface area is 104 Å². The van der Waals surface area contributed by atoms with Crippen molar-refractivity contribution in [2.45, 2.75) is 24.0 Å². The molecule has 0 saturated heterocycles. The zero-order chi connectivity index (χ0) is 11.4. The first-order valence-electron chi connectivity index (χ1n) is 5.27. The van der Waals surface area contributed by atoms with Crippen molar-refractivity contribution >= 4 is 23.1 Å². The van der Waals surface area contributed by atoms with Crippen LogP contribution in [0.1, 0.15) is 16.7 Å². The van der Waals surface area contributed by atoms with E-state index in [1.54, 1.807) is 23.9 Å². The fraction of sp³-hybridized carbons (Fsp3) is 0.231. The topological polar surface area (TPSA) is 20.2 Å². The molecular formula is C13H14OS2. The van der Waals surface area contributed by atoms with E-state index in [0.717, 1.165) is 17.1 Å². The van der Waals surface area contributed by atoms with Crippen molar-refractivity contribution in [1.82, 2.24) is 0 Å². The van der Waals surface area contributed by atoms with Crippen LogP contribution in [0.15, 0.2) is 41.3 Å². The Morgan fingerprint density at radius 2 is 2.00 bits per heavy atom. The lowest BCUT2D eigenvalue weighted by atomic mass is 10.3. The molecule has 1 heterocycles. The first-order chi connectivity index (χ1) is 7.78. The van der Waals surface area contributed by atoms with Crippen LogP contribution in [0.3, 0.4) is 0 Å². The molecule has 0 saturated carbocycles. The predicted octanol–water partition coefficient (Wildman–Crippen LogP) is 4.31. The number of benzene rings is 1. The molecule has 2 rings (SSSR count). The van der Waals surface area contributed by atoms with Crippen LogP contribution in [-0.4, -0.2) is 5.11 Å². The number of rotatable bonds is 4. The molecule has 0 aliphatic carbocycles. The normalized spacial score (nSPS) is 10.6. The first kappa shape index (κ1) is 11.6. The minimum Gasteiger partial charge on any atom is -0.508 e. The molecule has 0 aliphatic heterocycles. The third-order valence-corrected chi connectivity index (χ3v) is 4.72. The zero-order valence-corrected chi connectivity index (χ0v) is 10.8. The Balaban J connectivity index is 1.96. The molecule has 0 aliphatic rings. The minimum absolute atomic E-state index is 0.338. The summed E-state index contributed by atoms with van der Waals surface area (Å²) >= 11 is 3.63. The summed E-state index contributed by atoms with van der Waals surface area (Å²) in [6.45, 7) is 2.18. The van der Waals surface area contributed by atoms with Crippen LogP contribution < -0.4 is 0 Å². The number of phenols is 1. The van der Waals surface area contributed by atoms with Crippen molar-refractivity contribution in [2.24, 2.45) is 0 Å². The van der Waals surface area contributed by atoms with Crippen molar-refractivity contribution in [2.75, 3.05) is 0 Å². The fourth-order valence-electron chi connectivity index (χ4n) is 1.42. The number of thioether (sulfide) groups is 1. The number of thiophene rings is 1. The molecule has 0 spiro atoms. The van der Waals surface area contributed by atoms with Gasteiger partial charge in [-0.3, -0.25) is 0 Å². The van der Waals surface area contributed by atoms with Crippen LogP contribution in [0, 0.1) is 0 Å². The van der Waals surface area contributed by atoms with Crippen LogP contribution in [0.4, 0.5) is 0 Å². The number of hydrogen-bond acceptors (Lipinski definition) is 3. The van der Waals surface area contributed by atoms with Gasteiger partial charge in [0.1, 0.15) is 5.75 Å². The summed E-state index contributed by atoms with van der Waals surface area (Å²) in [5.74, 6) is 1.32. The molecule has 16 heavy (non-hydrogen) atoms. The third-order valence-electron chi connectivity index (χ3n) is 2.26. The SMILES string of the molecule is CCc1ccc(CSc2cccc(O)c2)s1. The summed E-state index contributed by atoms with van der Waals surface area (Å²) in [6.07, 6.45) is 1.11. The Hall–Kier alpha value is -0.930. The van der Waals surface area contributed by atoms with E-state index < -0.39 is 0 Å². The summed E-state index contributed by atoms with van der Waals surface area (Å²) in [5.41, 5.74) is 0. The second-order valence-electron chi connectivity index (χ2n) is 3.51. The van der Waals surface area contributed by atoms with Gasteiger partial charge in [-0.1, -0.05) is 13.0 Å². The van der Waals surface area contributed by atoms with E-state index in [4.69, 9.17) is 0 Å². The van der Waals surface area contributed by atoms with E-state index in [1.165, 1.54) is 9.75 Å². The first-order valence-corrected chi connectivity index (χ1v) is 7.07. The van der Waals surface area contributed by atoms with Gasteiger partial charge >= 0.3 is 0 Å². The van der Waals surface area contributed by atoms with Crippen molar-refractivity contribution in [3.8, 4) is 5.75 Å². The highest BCUT2D eigenvalue weighted by molar-refractivity contribution is 7.98. The second-order valence-corrected chi connectivity index (χ2v) is 5.81. The maximum atomic E-state index is 9.34. The minimum atomic E-state index is 0.338. The molecule has 1 aromatic carbocycles. The number of aromatic hydroxyl groups is 1. The Morgan fingerprint density at radius 1 is 1.19 bits per heavy atom. The van der Waals surface area contributed by atoms with Crippen molar-refractivity contribution < 1.29 is 5.11 Å². The van der Waals surface area contributed by atoms with E-state index in [2.05, 4.69) is 19.1 Å². The van der Waals surface area contributed by atoms with Gasteiger partial charge in [0.25, 0.3) is 0 Å². The summed E-state index contributed by atoms with van der Waals surface area (Å²) in [5, 5.41) is 9.34. The molecule has 3 heteroatoms. The quantitative estimate of drug-likeness (QED) is 0.816. The van der Waals surface area contributed by atoms with Crippen LogP contribution in [0.25, 0.3) is 0 Å². The summed E-state index contributed by atoms with van der Waals surface area (Å²) in [7, 11) is 0. The second kappa shape index (κ2) is 5.41. The molecular weight excluding hydrogens is 236 g/mol. The van der Waals surface area contributed by atoms with E-state index in [0.29, 0.717) is 5.75 Å². The number of hydrogen-bond donors (Lipinski definition) is 1. The fourth-order valence-corrected chi connectivity index (χ4v) is 3.37. The van der Waals surface area contributed by atoms with Crippen molar-refractivity contribution in [1.29, 1.82) is 0 Å². The molecule has 0 unspecified atom stereocenters. The van der Waals surface area contributed by atoms with Gasteiger partial charge in [-0.25, -0.2) is 0 Å². The van der Waals surface area contributed by atoms with E-state index >= 15 is 0 Å². The lowest BCUT2D eigenvalue weighted by molar-refractivity contribution is 0.474. The molecule has 0 fully saturated rings. The van der Waals surface area contributed by atoms with E-state index in [1.807, 2.05) is 23.5 Å². The lowest BCUT2D eigenvalue weighted by Crippen LogP contribution is -1.74. The van der Waals surface area contributed by atoms with Gasteiger partial charge in [-0.15, -0.1) is 23.1 Å². The highest BCUT2D eigenvalue weighted by Crippen LogP contribution is 2.28. The van der Waals surface area contributed by atoms with Crippen LogP contribution in [0.5, 0.6) is 5.75 Å². The largest absolute Gasteiger partial charge is 0.508 e. The van der Waals surface area contributed by atoms with E-state index in [-0.39, 0.29) is 0 Å². The lowest BCUT2D eigenvalue weighted by Gasteiger charge is -2.00. The van der Waals surface area contributed by atoms with Gasteiger partial charge < -0.3 is 5.11 Å². The number of phenolic OH excluding ortho intramolecular Hbond substituents is 1. The third kappa shape index (κ3) is 3.03. The highest BCUT2D eigenvalue weighted by Gasteiger charge is 2.00. The Kier molecular flexibility index (Phi) is 3.91. The van der Waals surface area contributed by atoms with Crippen molar-refractivity contribution in [3.05, 3.63) is 46.2 Å². The summed E-state index contributed by atoms with van der Waals surface area (Å²) in [6, 6.07) is 11.8. The van der Waals surface area contributed by atoms with Crippen LogP contribution in [-0.2, 0) is 12.2 Å². The van der Waals surface area contributed by atoms with Gasteiger partial charge in [-0.05, 0) is 36.8 Å². The van der Waals surface area contributed by atoms with Gasteiger partial charge in [0.15, 0.2) is 0 Å². The average molecular weight is 250 g/mol. The maximum absolute atomic E-state index is 9.34. The smallest absolute Gasteiger partial charge is 0.116 e. The van der Waals surface area contributed by atoms with Gasteiger partial charge in [0, 0.05) is 20.4 Å². The highest BCUT2D eigenvalue weighted by atomic mass is 32.2. The molecule has 0 bridgehead atoms. The molecule has 1 aromatic heterocycles.